The molecule has 1 amide bonds. The van der Waals surface area contributed by atoms with E-state index in [0.29, 0.717) is 30.8 Å². The Balaban J connectivity index is 1.72. The van der Waals surface area contributed by atoms with Crippen LogP contribution in [-0.2, 0) is 16.1 Å². The molecule has 2 aromatic carbocycles. The highest BCUT2D eigenvalue weighted by Gasteiger charge is 2.45. The van der Waals surface area contributed by atoms with E-state index in [-0.39, 0.29) is 11.3 Å². The molecular weight excluding hydrogens is 394 g/mol. The van der Waals surface area contributed by atoms with Gasteiger partial charge in [-0.1, -0.05) is 42.5 Å². The number of aliphatic hydroxyl groups excluding tert-OH is 1. The maximum atomic E-state index is 13.0. The number of carbonyl (C=O) groups excluding carboxylic acids is 2. The molecule has 0 bridgehead atoms. The molecule has 1 saturated heterocycles. The fourth-order valence-corrected chi connectivity index (χ4v) is 3.86. The molecule has 1 aliphatic heterocycles. The number of Topliss-reactive ketones (excluding diaryl/α,β-unsaturated/α-hetero) is 1. The zero-order chi connectivity index (χ0) is 21.8. The molecule has 1 aliphatic rings. The second-order valence-electron chi connectivity index (χ2n) is 7.29. The van der Waals surface area contributed by atoms with Crippen molar-refractivity contribution in [1.82, 2.24) is 14.5 Å². The van der Waals surface area contributed by atoms with Crippen LogP contribution >= 0.6 is 0 Å². The van der Waals surface area contributed by atoms with Gasteiger partial charge in [0.1, 0.15) is 11.5 Å². The highest BCUT2D eigenvalue weighted by molar-refractivity contribution is 6.46. The number of aryl methyl sites for hydroxylation is 1. The molecule has 1 fully saturated rings. The molecule has 2 heterocycles. The van der Waals surface area contributed by atoms with Crippen LogP contribution in [0.25, 0.3) is 5.76 Å². The fraction of sp³-hybridized carbons (Fsp3) is 0.208. The van der Waals surface area contributed by atoms with Crippen molar-refractivity contribution in [2.75, 3.05) is 13.7 Å². The number of hydrogen-bond donors (Lipinski definition) is 1. The number of carbonyl (C=O) groups is 2. The quantitative estimate of drug-likeness (QED) is 0.362. The highest BCUT2D eigenvalue weighted by atomic mass is 16.5. The summed E-state index contributed by atoms with van der Waals surface area (Å²) in [6.07, 6.45) is 5.91. The first-order valence-corrected chi connectivity index (χ1v) is 10.0. The predicted octanol–water partition coefficient (Wildman–Crippen LogP) is 3.40. The Morgan fingerprint density at radius 2 is 1.90 bits per heavy atom. The predicted molar refractivity (Wildman–Crippen MR) is 115 cm³/mol. The number of ketones is 1. The lowest BCUT2D eigenvalue weighted by molar-refractivity contribution is -0.139. The van der Waals surface area contributed by atoms with Gasteiger partial charge in [-0.2, -0.15) is 0 Å². The van der Waals surface area contributed by atoms with Crippen molar-refractivity contribution < 1.29 is 19.4 Å². The zero-order valence-corrected chi connectivity index (χ0v) is 17.1. The van der Waals surface area contributed by atoms with E-state index < -0.39 is 17.7 Å². The third-order valence-corrected chi connectivity index (χ3v) is 5.37. The van der Waals surface area contributed by atoms with Gasteiger partial charge in [0, 0.05) is 31.0 Å². The van der Waals surface area contributed by atoms with E-state index in [2.05, 4.69) is 4.98 Å². The van der Waals surface area contributed by atoms with Crippen LogP contribution in [0, 0.1) is 0 Å². The van der Waals surface area contributed by atoms with Crippen LogP contribution in [0.15, 0.2) is 78.9 Å². The van der Waals surface area contributed by atoms with Gasteiger partial charge in [0.05, 0.1) is 25.1 Å². The van der Waals surface area contributed by atoms with E-state index in [1.165, 1.54) is 7.11 Å². The molecule has 0 aliphatic carbocycles. The molecule has 1 aromatic heterocycles. The lowest BCUT2D eigenvalue weighted by Gasteiger charge is -2.25. The Morgan fingerprint density at radius 3 is 2.61 bits per heavy atom. The van der Waals surface area contributed by atoms with Crippen molar-refractivity contribution in [2.45, 2.75) is 19.0 Å². The minimum atomic E-state index is -0.684. The molecule has 0 radical (unpaired) electrons. The smallest absolute Gasteiger partial charge is 0.295 e. The molecular formula is C24H23N3O4. The van der Waals surface area contributed by atoms with Gasteiger partial charge in [0.25, 0.3) is 11.7 Å². The van der Waals surface area contributed by atoms with E-state index in [1.54, 1.807) is 41.7 Å². The Bertz CT molecular complexity index is 1110. The van der Waals surface area contributed by atoms with Crippen LogP contribution in [0.5, 0.6) is 5.75 Å². The average molecular weight is 417 g/mol. The van der Waals surface area contributed by atoms with Crippen LogP contribution in [0.4, 0.5) is 0 Å². The second kappa shape index (κ2) is 8.87. The molecule has 4 rings (SSSR count). The number of aromatic nitrogens is 2. The first-order chi connectivity index (χ1) is 15.1. The number of imidazole rings is 1. The number of hydrogen-bond acceptors (Lipinski definition) is 5. The summed E-state index contributed by atoms with van der Waals surface area (Å²) in [6, 6.07) is 15.4. The summed E-state index contributed by atoms with van der Waals surface area (Å²) in [7, 11) is 1.53. The normalized spacial score (nSPS) is 17.8. The molecule has 7 nitrogen and oxygen atoms in total. The molecule has 1 atom stereocenters. The van der Waals surface area contributed by atoms with Crippen LogP contribution in [0.3, 0.4) is 0 Å². The number of methoxy groups -OCH3 is 1. The highest BCUT2D eigenvalue weighted by Crippen LogP contribution is 2.39. The molecule has 1 N–H and O–H groups in total. The number of aliphatic hydroxyl groups is 1. The van der Waals surface area contributed by atoms with Crippen LogP contribution in [0.2, 0.25) is 0 Å². The third-order valence-electron chi connectivity index (χ3n) is 5.37. The van der Waals surface area contributed by atoms with E-state index in [9.17, 15) is 14.7 Å². The van der Waals surface area contributed by atoms with Gasteiger partial charge in [-0.05, 0) is 24.1 Å². The van der Waals surface area contributed by atoms with Crippen molar-refractivity contribution in [3.05, 3.63) is 90.0 Å². The summed E-state index contributed by atoms with van der Waals surface area (Å²) in [5, 5.41) is 11.1. The van der Waals surface area contributed by atoms with Crippen LogP contribution < -0.4 is 4.74 Å². The monoisotopic (exact) mass is 417 g/mol. The minimum absolute atomic E-state index is 0.0899. The van der Waals surface area contributed by atoms with E-state index >= 15 is 0 Å². The Kier molecular flexibility index (Phi) is 5.84. The molecule has 31 heavy (non-hydrogen) atoms. The van der Waals surface area contributed by atoms with Gasteiger partial charge in [-0.15, -0.1) is 0 Å². The third kappa shape index (κ3) is 4.07. The number of benzene rings is 2. The summed E-state index contributed by atoms with van der Waals surface area (Å²) in [4.78, 5) is 31.5. The van der Waals surface area contributed by atoms with Crippen molar-refractivity contribution in [2.24, 2.45) is 0 Å². The molecule has 3 aromatic rings. The van der Waals surface area contributed by atoms with Gasteiger partial charge >= 0.3 is 0 Å². The lowest BCUT2D eigenvalue weighted by atomic mass is 9.95. The average Bonchev–Trinajstić information content (AvgIpc) is 3.41. The number of likely N-dealkylation sites (tertiary alicyclic amines) is 1. The van der Waals surface area contributed by atoms with Crippen molar-refractivity contribution in [3.8, 4) is 5.75 Å². The summed E-state index contributed by atoms with van der Waals surface area (Å²) in [5.74, 6) is -0.946. The molecule has 7 heteroatoms. The molecule has 0 unspecified atom stereocenters. The summed E-state index contributed by atoms with van der Waals surface area (Å²) in [5.41, 5.74) is 1.29. The molecule has 0 spiro atoms. The van der Waals surface area contributed by atoms with Gasteiger partial charge in [0.2, 0.25) is 0 Å². The van der Waals surface area contributed by atoms with E-state index in [1.807, 2.05) is 41.1 Å². The number of nitrogens with zero attached hydrogens (tertiary/aromatic N) is 3. The lowest BCUT2D eigenvalue weighted by Crippen LogP contribution is -2.31. The number of ether oxygens (including phenoxy) is 1. The molecule has 0 saturated carbocycles. The van der Waals surface area contributed by atoms with Crippen molar-refractivity contribution in [3.63, 3.8) is 0 Å². The van der Waals surface area contributed by atoms with Crippen molar-refractivity contribution in [1.29, 1.82) is 0 Å². The van der Waals surface area contributed by atoms with E-state index in [4.69, 9.17) is 4.74 Å². The molecule has 158 valence electrons. The van der Waals surface area contributed by atoms with Gasteiger partial charge in [-0.3, -0.25) is 9.59 Å². The number of amides is 1. The second-order valence-corrected chi connectivity index (χ2v) is 7.29. The Morgan fingerprint density at radius 1 is 1.10 bits per heavy atom. The fourth-order valence-electron chi connectivity index (χ4n) is 3.86. The maximum Gasteiger partial charge on any atom is 0.295 e. The maximum absolute atomic E-state index is 13.0. The zero-order valence-electron chi connectivity index (χ0n) is 17.1. The van der Waals surface area contributed by atoms with Crippen LogP contribution in [0.1, 0.15) is 23.6 Å². The van der Waals surface area contributed by atoms with Gasteiger partial charge < -0.3 is 19.3 Å². The first kappa shape index (κ1) is 20.4. The van der Waals surface area contributed by atoms with Gasteiger partial charge in [-0.25, -0.2) is 4.98 Å². The largest absolute Gasteiger partial charge is 0.507 e. The Labute approximate surface area is 180 Å². The summed E-state index contributed by atoms with van der Waals surface area (Å²) >= 11 is 0. The van der Waals surface area contributed by atoms with Gasteiger partial charge in [0.15, 0.2) is 0 Å². The van der Waals surface area contributed by atoms with Crippen molar-refractivity contribution >= 4 is 17.4 Å². The minimum Gasteiger partial charge on any atom is -0.507 e. The van der Waals surface area contributed by atoms with E-state index in [0.717, 1.165) is 5.56 Å². The summed E-state index contributed by atoms with van der Waals surface area (Å²) < 4.78 is 7.15. The summed E-state index contributed by atoms with van der Waals surface area (Å²) in [6.45, 7) is 1.04. The SMILES string of the molecule is COc1cccc(/C(O)=C2\C(=O)C(=O)N(CCCn3ccnc3)[C@H]2c2ccccc2)c1. The first-order valence-electron chi connectivity index (χ1n) is 10.0. The topological polar surface area (TPSA) is 84.7 Å². The standard InChI is InChI=1S/C24H23N3O4/c1-31-19-10-5-9-18(15-19)22(28)20-21(17-7-3-2-4-8-17)27(24(30)23(20)29)13-6-12-26-14-11-25-16-26/h2-5,7-11,14-16,21,28H,6,12-13H2,1H3/b22-20+/t21-/m0/s1. The van der Waals surface area contributed by atoms with Crippen LogP contribution in [-0.4, -0.2) is 44.9 Å². The Hall–Kier alpha value is -3.87. The number of rotatable bonds is 7.